The van der Waals surface area contributed by atoms with Gasteiger partial charge in [0.15, 0.2) is 12.6 Å². The van der Waals surface area contributed by atoms with Gasteiger partial charge >= 0.3 is 5.97 Å². The molecule has 0 spiro atoms. The molecule has 0 aromatic rings. The lowest BCUT2D eigenvalue weighted by Gasteiger charge is -2.39. The summed E-state index contributed by atoms with van der Waals surface area (Å²) in [7, 11) is 0. The van der Waals surface area contributed by atoms with Crippen LogP contribution < -0.4 is 10.6 Å². The van der Waals surface area contributed by atoms with E-state index < -0.39 is 109 Å². The third kappa shape index (κ3) is 11.1. The first-order valence-corrected chi connectivity index (χ1v) is 18.1. The van der Waals surface area contributed by atoms with Crippen molar-refractivity contribution in [2.75, 3.05) is 32.8 Å². The van der Waals surface area contributed by atoms with Crippen LogP contribution in [0.1, 0.15) is 65.2 Å². The normalized spacial score (nSPS) is 34.4. The second-order valence-corrected chi connectivity index (χ2v) is 13.8. The van der Waals surface area contributed by atoms with E-state index in [1.807, 2.05) is 0 Å². The number of imide groups is 1. The topological polar surface area (TPSA) is 300 Å². The Kier molecular flexibility index (Phi) is 16.0. The summed E-state index contributed by atoms with van der Waals surface area (Å²) in [6.45, 7) is 2.52. The van der Waals surface area contributed by atoms with Crippen LogP contribution in [0.5, 0.6) is 0 Å². The molecular weight excluding hydrogens is 724 g/mol. The highest BCUT2D eigenvalue weighted by atomic mass is 16.7. The van der Waals surface area contributed by atoms with Crippen LogP contribution in [0.2, 0.25) is 0 Å². The minimum Gasteiger partial charge on any atom is -0.388 e. The second kappa shape index (κ2) is 20.0. The number of carbonyl (C=O) groups excluding carboxylic acids is 6. The summed E-state index contributed by atoms with van der Waals surface area (Å²) in [6, 6.07) is -0.968. The molecule has 8 N–H and O–H groups in total. The van der Waals surface area contributed by atoms with Gasteiger partial charge in [-0.1, -0.05) is 0 Å². The van der Waals surface area contributed by atoms with Crippen LogP contribution in [0.4, 0.5) is 0 Å². The van der Waals surface area contributed by atoms with E-state index >= 15 is 0 Å². The van der Waals surface area contributed by atoms with Gasteiger partial charge in [-0.05, 0) is 39.5 Å². The van der Waals surface area contributed by atoms with Crippen LogP contribution in [0.15, 0.2) is 0 Å². The van der Waals surface area contributed by atoms with Gasteiger partial charge < -0.3 is 70.0 Å². The molecule has 0 aliphatic carbocycles. The van der Waals surface area contributed by atoms with Gasteiger partial charge in [0.2, 0.25) is 17.7 Å². The van der Waals surface area contributed by atoms with Crippen molar-refractivity contribution in [2.45, 2.75) is 133 Å². The lowest BCUT2D eigenvalue weighted by molar-refractivity contribution is -0.292. The van der Waals surface area contributed by atoms with Crippen molar-refractivity contribution < 1.29 is 83.2 Å². The molecule has 4 saturated heterocycles. The van der Waals surface area contributed by atoms with Crippen LogP contribution in [0, 0.1) is 5.92 Å². The fraction of sp³-hybridized carbons (Fsp3) is 0.818. The Hall–Kier alpha value is -3.38. The van der Waals surface area contributed by atoms with Gasteiger partial charge in [-0.2, -0.15) is 0 Å². The van der Waals surface area contributed by atoms with Crippen LogP contribution in [0.25, 0.3) is 0 Å². The average Bonchev–Trinajstić information content (AvgIpc) is 3.47. The van der Waals surface area contributed by atoms with E-state index in [1.165, 1.54) is 18.7 Å². The summed E-state index contributed by atoms with van der Waals surface area (Å²) < 4.78 is 21.7. The van der Waals surface area contributed by atoms with Crippen molar-refractivity contribution in [2.24, 2.45) is 5.92 Å². The molecule has 12 atom stereocenters. The maximum Gasteiger partial charge on any atom is 0.333 e. The number of hydrogen-bond donors (Lipinski definition) is 8. The van der Waals surface area contributed by atoms with Gasteiger partial charge in [0.1, 0.15) is 42.7 Å². The van der Waals surface area contributed by atoms with Crippen LogP contribution in [-0.4, -0.2) is 176 Å². The number of rotatable bonds is 16. The molecule has 0 aromatic carbocycles. The predicted molar refractivity (Wildman–Crippen MR) is 177 cm³/mol. The number of aliphatic hydroxyl groups is 6. The summed E-state index contributed by atoms with van der Waals surface area (Å²) in [6.07, 6.45) is -12.4. The molecule has 21 nitrogen and oxygen atoms in total. The molecule has 4 heterocycles. The van der Waals surface area contributed by atoms with Crippen molar-refractivity contribution >= 4 is 35.5 Å². The zero-order valence-electron chi connectivity index (χ0n) is 30.2. The SMILES string of the molecule is C[C@@H]1O[C@@H](OCCNC(=O)[C@@H]2CC[C@H](C(=O)NCCO[C@@H]3O[C@@H](C)[C@@H](O)[C@H](O)[C@H]3O)N(C(=O)CCCCC(=O)ON3C(=O)CCC3=O)C2)[C@H](O)[C@@H](O)[C@@H]1O. The van der Waals surface area contributed by atoms with Crippen molar-refractivity contribution in [3.63, 3.8) is 0 Å². The van der Waals surface area contributed by atoms with E-state index in [4.69, 9.17) is 23.8 Å². The molecule has 21 heteroatoms. The Balaban J connectivity index is 1.28. The monoisotopic (exact) mass is 776 g/mol. The van der Waals surface area contributed by atoms with Gasteiger partial charge in [-0.3, -0.25) is 24.0 Å². The van der Waals surface area contributed by atoms with E-state index in [0.717, 1.165) is 0 Å². The van der Waals surface area contributed by atoms with Gasteiger partial charge in [0.05, 0.1) is 31.3 Å². The zero-order valence-corrected chi connectivity index (χ0v) is 30.2. The number of ether oxygens (including phenoxy) is 4. The first kappa shape index (κ1) is 43.3. The number of carbonyl (C=O) groups is 6. The molecule has 4 fully saturated rings. The highest BCUT2D eigenvalue weighted by Gasteiger charge is 2.44. The molecular formula is C33H52N4O17. The molecule has 54 heavy (non-hydrogen) atoms. The number of hydrogen-bond acceptors (Lipinski definition) is 17. The standard InChI is InChI=1S/C33H52N4O17/c1-16-24(42)26(44)28(46)32(52-16)50-13-11-34-30(48)18-7-8-19(31(49)35-12-14-51-33-29(47)27(45)25(43)17(2)53-33)36(15-18)20(38)5-3-4-6-23(41)54-37-21(39)9-10-22(37)40/h16-19,24-29,32-33,42-47H,3-15H2,1-2H3,(H,34,48)(H,35,49)/t16-,17-,18+,19+,24+,25+,26-,27-,28+,29+,32+,33+/m0/s1. The largest absolute Gasteiger partial charge is 0.388 e. The van der Waals surface area contributed by atoms with Crippen molar-refractivity contribution in [1.29, 1.82) is 0 Å². The Morgan fingerprint density at radius 3 is 1.74 bits per heavy atom. The molecule has 4 aliphatic rings. The Bertz CT molecular complexity index is 1320. The smallest absolute Gasteiger partial charge is 0.333 e. The molecule has 0 radical (unpaired) electrons. The quantitative estimate of drug-likeness (QED) is 0.0543. The van der Waals surface area contributed by atoms with Crippen molar-refractivity contribution in [1.82, 2.24) is 20.6 Å². The molecule has 0 aromatic heterocycles. The second-order valence-electron chi connectivity index (χ2n) is 13.8. The van der Waals surface area contributed by atoms with E-state index in [9.17, 15) is 59.4 Å². The lowest BCUT2D eigenvalue weighted by atomic mass is 9.91. The highest BCUT2D eigenvalue weighted by molar-refractivity contribution is 6.01. The first-order valence-electron chi connectivity index (χ1n) is 18.1. The summed E-state index contributed by atoms with van der Waals surface area (Å²) in [4.78, 5) is 81.7. The minimum atomic E-state index is -1.53. The van der Waals surface area contributed by atoms with Crippen LogP contribution >= 0.6 is 0 Å². The number of unbranched alkanes of at least 4 members (excludes halogenated alkanes) is 1. The minimum absolute atomic E-state index is 0.0221. The van der Waals surface area contributed by atoms with Crippen molar-refractivity contribution in [3.8, 4) is 0 Å². The lowest BCUT2D eigenvalue weighted by Crippen LogP contribution is -2.58. The molecule has 306 valence electrons. The molecule has 0 saturated carbocycles. The van der Waals surface area contributed by atoms with Gasteiger partial charge in [-0.25, -0.2) is 4.79 Å². The Morgan fingerprint density at radius 1 is 0.704 bits per heavy atom. The van der Waals surface area contributed by atoms with E-state index in [2.05, 4.69) is 10.6 Å². The number of nitrogens with zero attached hydrogens (tertiary/aromatic N) is 2. The third-order valence-corrected chi connectivity index (χ3v) is 9.78. The molecule has 5 amide bonds. The number of nitrogens with one attached hydrogen (secondary N) is 2. The molecule has 4 aliphatic heterocycles. The fourth-order valence-electron chi connectivity index (χ4n) is 6.49. The highest BCUT2D eigenvalue weighted by Crippen LogP contribution is 2.26. The fourth-order valence-corrected chi connectivity index (χ4v) is 6.49. The van der Waals surface area contributed by atoms with E-state index in [0.29, 0.717) is 5.06 Å². The maximum atomic E-state index is 13.5. The Labute approximate surface area is 310 Å². The summed E-state index contributed by atoms with van der Waals surface area (Å²) in [5.41, 5.74) is 0. The summed E-state index contributed by atoms with van der Waals surface area (Å²) >= 11 is 0. The van der Waals surface area contributed by atoms with Gasteiger partial charge in [0, 0.05) is 45.3 Å². The summed E-state index contributed by atoms with van der Waals surface area (Å²) in [5.74, 6) is -4.20. The maximum absolute atomic E-state index is 13.5. The number of hydroxylamine groups is 2. The average molecular weight is 777 g/mol. The van der Waals surface area contributed by atoms with Crippen LogP contribution in [-0.2, 0) is 52.6 Å². The molecule has 0 bridgehead atoms. The number of likely N-dealkylation sites (tertiary alicyclic amines) is 1. The van der Waals surface area contributed by atoms with Crippen LogP contribution in [0.3, 0.4) is 0 Å². The van der Waals surface area contributed by atoms with E-state index in [1.54, 1.807) is 0 Å². The van der Waals surface area contributed by atoms with Crippen molar-refractivity contribution in [3.05, 3.63) is 0 Å². The summed E-state index contributed by atoms with van der Waals surface area (Å²) in [5, 5.41) is 65.7. The molecule has 0 unspecified atom stereocenters. The predicted octanol–water partition coefficient (Wildman–Crippen LogP) is -4.32. The van der Waals surface area contributed by atoms with Gasteiger partial charge in [-0.15, -0.1) is 5.06 Å². The molecule has 4 rings (SSSR count). The third-order valence-electron chi connectivity index (χ3n) is 9.78. The van der Waals surface area contributed by atoms with Gasteiger partial charge in [0.25, 0.3) is 11.8 Å². The number of aliphatic hydroxyl groups excluding tert-OH is 6. The number of amides is 5. The first-order chi connectivity index (χ1) is 25.6. The van der Waals surface area contributed by atoms with E-state index in [-0.39, 0.29) is 84.2 Å². The Morgan fingerprint density at radius 2 is 1.20 bits per heavy atom. The number of piperidine rings is 1. The zero-order chi connectivity index (χ0) is 39.7.